The van der Waals surface area contributed by atoms with Gasteiger partial charge in [-0.3, -0.25) is 0 Å². The van der Waals surface area contributed by atoms with E-state index >= 15 is 0 Å². The van der Waals surface area contributed by atoms with Crippen molar-refractivity contribution in [1.82, 2.24) is 0 Å². The van der Waals surface area contributed by atoms with Gasteiger partial charge in [0, 0.05) is 18.6 Å². The van der Waals surface area contributed by atoms with Crippen LogP contribution in [0.3, 0.4) is 0 Å². The standard InChI is InChI=1S/C32H33N4/c1-4-23(3)24-6-8-25(9-7-24)33-26-10-12-27(13-11-26)34-28-14-16-29(17-15-28)35-30-18-20-32(21-19-30)36-22-31(36)5-2/h6-21,23,31H,4-5,22H2,1-3H3/q+1. The SMILES string of the molecule is CCC(C)c1ccc(N=C2C=CC(=Nc3ccc(N=C4C=CC(=[N+]5CC5CC)C=C4)cc3)C=C2)cc1. The van der Waals surface area contributed by atoms with Gasteiger partial charge in [-0.25, -0.2) is 19.6 Å². The zero-order valence-electron chi connectivity index (χ0n) is 21.3. The second-order valence-electron chi connectivity index (χ2n) is 9.50. The fourth-order valence-corrected chi connectivity index (χ4v) is 4.33. The lowest BCUT2D eigenvalue weighted by atomic mass is 9.99. The van der Waals surface area contributed by atoms with Crippen LogP contribution in [0.2, 0.25) is 0 Å². The Morgan fingerprint density at radius 2 is 1.08 bits per heavy atom. The minimum atomic E-state index is 0.577. The number of hydrogen-bond acceptors (Lipinski definition) is 3. The van der Waals surface area contributed by atoms with E-state index in [1.165, 1.54) is 24.2 Å². The molecule has 2 aliphatic carbocycles. The van der Waals surface area contributed by atoms with Gasteiger partial charge < -0.3 is 0 Å². The molecule has 1 aliphatic heterocycles. The molecule has 0 N–H and O–H groups in total. The topological polar surface area (TPSA) is 40.1 Å². The van der Waals surface area contributed by atoms with Crippen molar-refractivity contribution in [2.45, 2.75) is 45.6 Å². The molecule has 2 aromatic rings. The quantitative estimate of drug-likeness (QED) is 0.235. The monoisotopic (exact) mass is 473 g/mol. The molecular weight excluding hydrogens is 440 g/mol. The first-order valence-electron chi connectivity index (χ1n) is 12.9. The molecular formula is C32H33N4+. The summed E-state index contributed by atoms with van der Waals surface area (Å²) in [5.41, 5.74) is 8.24. The molecule has 5 rings (SSSR count). The number of benzene rings is 2. The molecule has 1 heterocycles. The second-order valence-corrected chi connectivity index (χ2v) is 9.50. The van der Waals surface area contributed by atoms with Crippen molar-refractivity contribution in [3.8, 4) is 0 Å². The molecule has 3 aliphatic rings. The first-order valence-corrected chi connectivity index (χ1v) is 12.9. The third-order valence-electron chi connectivity index (χ3n) is 6.92. The van der Waals surface area contributed by atoms with Gasteiger partial charge in [-0.1, -0.05) is 32.9 Å². The lowest BCUT2D eigenvalue weighted by molar-refractivity contribution is -0.358. The van der Waals surface area contributed by atoms with Crippen LogP contribution in [0.4, 0.5) is 17.1 Å². The lowest BCUT2D eigenvalue weighted by Crippen LogP contribution is -2.06. The Bertz CT molecular complexity index is 1320. The fourth-order valence-electron chi connectivity index (χ4n) is 4.33. The molecule has 1 fully saturated rings. The maximum atomic E-state index is 4.75. The zero-order valence-corrected chi connectivity index (χ0v) is 21.3. The summed E-state index contributed by atoms with van der Waals surface area (Å²) >= 11 is 0. The van der Waals surface area contributed by atoms with E-state index in [0.717, 1.165) is 40.6 Å². The highest BCUT2D eigenvalue weighted by Gasteiger charge is 2.40. The van der Waals surface area contributed by atoms with Crippen molar-refractivity contribution in [1.29, 1.82) is 0 Å². The van der Waals surface area contributed by atoms with E-state index in [4.69, 9.17) is 15.0 Å². The summed E-state index contributed by atoms with van der Waals surface area (Å²) in [6.07, 6.45) is 18.9. The molecule has 2 aromatic carbocycles. The third-order valence-corrected chi connectivity index (χ3v) is 6.92. The van der Waals surface area contributed by atoms with Crippen LogP contribution >= 0.6 is 0 Å². The van der Waals surface area contributed by atoms with Crippen LogP contribution in [0.1, 0.15) is 45.1 Å². The number of aliphatic imine (C=N–C) groups is 3. The van der Waals surface area contributed by atoms with Crippen molar-refractivity contribution in [3.05, 3.63) is 103 Å². The number of rotatable bonds is 6. The van der Waals surface area contributed by atoms with Crippen LogP contribution in [-0.4, -0.2) is 40.0 Å². The smallest absolute Gasteiger partial charge is 0.211 e. The van der Waals surface area contributed by atoms with Gasteiger partial charge in [-0.05, 0) is 90.8 Å². The number of nitrogens with zero attached hydrogens (tertiary/aromatic N) is 4. The van der Waals surface area contributed by atoms with Crippen LogP contribution in [0, 0.1) is 0 Å². The lowest BCUT2D eigenvalue weighted by Gasteiger charge is -2.09. The fraction of sp³-hybridized carbons (Fsp3) is 0.250. The van der Waals surface area contributed by atoms with Crippen LogP contribution in [0.25, 0.3) is 0 Å². The van der Waals surface area contributed by atoms with Gasteiger partial charge >= 0.3 is 0 Å². The predicted molar refractivity (Wildman–Crippen MR) is 154 cm³/mol. The largest absolute Gasteiger partial charge is 0.249 e. The van der Waals surface area contributed by atoms with Crippen LogP contribution in [-0.2, 0) is 0 Å². The molecule has 0 amide bonds. The average molecular weight is 474 g/mol. The zero-order chi connectivity index (χ0) is 24.9. The predicted octanol–water partition coefficient (Wildman–Crippen LogP) is 7.62. The molecule has 180 valence electrons. The van der Waals surface area contributed by atoms with Gasteiger partial charge in [-0.2, -0.15) is 0 Å². The first kappa shape index (κ1) is 23.8. The molecule has 2 unspecified atom stereocenters. The van der Waals surface area contributed by atoms with Crippen LogP contribution in [0.5, 0.6) is 0 Å². The number of hydrogen-bond donors (Lipinski definition) is 0. The maximum Gasteiger partial charge on any atom is 0.211 e. The highest BCUT2D eigenvalue weighted by Crippen LogP contribution is 2.23. The second kappa shape index (κ2) is 10.8. The average Bonchev–Trinajstić information content (AvgIpc) is 3.71. The van der Waals surface area contributed by atoms with Gasteiger partial charge in [0.1, 0.15) is 0 Å². The minimum Gasteiger partial charge on any atom is -0.249 e. The van der Waals surface area contributed by atoms with Gasteiger partial charge in [0.15, 0.2) is 0 Å². The Morgan fingerprint density at radius 3 is 1.47 bits per heavy atom. The van der Waals surface area contributed by atoms with Crippen LogP contribution < -0.4 is 0 Å². The van der Waals surface area contributed by atoms with E-state index in [-0.39, 0.29) is 0 Å². The van der Waals surface area contributed by atoms with E-state index in [2.05, 4.69) is 73.9 Å². The van der Waals surface area contributed by atoms with Crippen molar-refractivity contribution in [3.63, 3.8) is 0 Å². The summed E-state index contributed by atoms with van der Waals surface area (Å²) in [6.45, 7) is 7.88. The molecule has 0 aromatic heterocycles. The van der Waals surface area contributed by atoms with Crippen molar-refractivity contribution >= 4 is 39.9 Å². The summed E-state index contributed by atoms with van der Waals surface area (Å²) in [4.78, 5) is 14.2. The van der Waals surface area contributed by atoms with E-state index in [9.17, 15) is 0 Å². The van der Waals surface area contributed by atoms with Gasteiger partial charge in [0.25, 0.3) is 0 Å². The summed E-state index contributed by atoms with van der Waals surface area (Å²) in [6, 6.07) is 17.3. The summed E-state index contributed by atoms with van der Waals surface area (Å²) in [5.74, 6) is 0.577. The molecule has 2 atom stereocenters. The Morgan fingerprint density at radius 1 is 0.667 bits per heavy atom. The Balaban J connectivity index is 1.20. The molecule has 0 saturated carbocycles. The highest BCUT2D eigenvalue weighted by molar-refractivity contribution is 6.19. The summed E-state index contributed by atoms with van der Waals surface area (Å²) in [7, 11) is 0. The highest BCUT2D eigenvalue weighted by atomic mass is 15.2. The number of allylic oxidation sites excluding steroid dienone is 8. The van der Waals surface area contributed by atoms with Crippen LogP contribution in [0.15, 0.2) is 112 Å². The van der Waals surface area contributed by atoms with E-state index in [1.807, 2.05) is 48.6 Å². The van der Waals surface area contributed by atoms with Gasteiger partial charge in [0.05, 0.1) is 34.2 Å². The minimum absolute atomic E-state index is 0.577. The van der Waals surface area contributed by atoms with Crippen molar-refractivity contribution in [2.24, 2.45) is 15.0 Å². The van der Waals surface area contributed by atoms with Gasteiger partial charge in [0.2, 0.25) is 18.3 Å². The summed E-state index contributed by atoms with van der Waals surface area (Å²) < 4.78 is 2.42. The molecule has 0 bridgehead atoms. The molecule has 4 heteroatoms. The first-order chi connectivity index (χ1) is 17.6. The summed E-state index contributed by atoms with van der Waals surface area (Å²) in [5, 5.41) is 0. The van der Waals surface area contributed by atoms with Crippen molar-refractivity contribution < 1.29 is 4.58 Å². The van der Waals surface area contributed by atoms with E-state index in [1.54, 1.807) is 0 Å². The Labute approximate surface area is 214 Å². The molecule has 36 heavy (non-hydrogen) atoms. The third kappa shape index (κ3) is 5.83. The Kier molecular flexibility index (Phi) is 7.13. The molecule has 0 spiro atoms. The van der Waals surface area contributed by atoms with Gasteiger partial charge in [-0.15, -0.1) is 0 Å². The molecule has 0 radical (unpaired) electrons. The maximum absolute atomic E-state index is 4.75. The normalized spacial score (nSPS) is 19.1. The van der Waals surface area contributed by atoms with E-state index < -0.39 is 0 Å². The van der Waals surface area contributed by atoms with Crippen molar-refractivity contribution in [2.75, 3.05) is 6.54 Å². The molecule has 4 nitrogen and oxygen atoms in total. The van der Waals surface area contributed by atoms with E-state index in [0.29, 0.717) is 12.0 Å². The molecule has 1 saturated heterocycles. The Hall–Kier alpha value is -3.92.